The Labute approximate surface area is 98.0 Å². The third-order valence-electron chi connectivity index (χ3n) is 2.05. The molecule has 0 bridgehead atoms. The summed E-state index contributed by atoms with van der Waals surface area (Å²) in [7, 11) is 0. The van der Waals surface area contributed by atoms with Crippen molar-refractivity contribution in [3.05, 3.63) is 22.5 Å². The van der Waals surface area contributed by atoms with Crippen LogP contribution in [0.25, 0.3) is 0 Å². The highest BCUT2D eigenvalue weighted by molar-refractivity contribution is 5.20. The van der Waals surface area contributed by atoms with Gasteiger partial charge in [0.05, 0.1) is 23.7 Å². The average Bonchev–Trinajstić information content (AvgIpc) is 2.65. The fourth-order valence-corrected chi connectivity index (χ4v) is 1.29. The molecule has 8 heteroatoms. The Bertz CT molecular complexity index is 366. The normalized spacial score (nSPS) is 14.5. The van der Waals surface area contributed by atoms with Gasteiger partial charge in [-0.05, 0) is 6.92 Å². The molecule has 0 radical (unpaired) electrons. The van der Waals surface area contributed by atoms with E-state index in [-0.39, 0.29) is 12.2 Å². The molecule has 1 heterocycles. The highest BCUT2D eigenvalue weighted by Crippen LogP contribution is 2.07. The van der Waals surface area contributed by atoms with Gasteiger partial charge in [0.25, 0.3) is 0 Å². The van der Waals surface area contributed by atoms with Gasteiger partial charge in [0.2, 0.25) is 0 Å². The van der Waals surface area contributed by atoms with Crippen molar-refractivity contribution < 1.29 is 15.1 Å². The van der Waals surface area contributed by atoms with Crippen molar-refractivity contribution in [2.45, 2.75) is 25.7 Å². The standard InChI is InChI=1S/C9H16N4O4/c1-7(14)2-10-4-9(15)6-12-5-8(3-11-12)13(16)17/h3,5,7,9-10,14-15H,2,4,6H2,1H3. The second-order valence-corrected chi connectivity index (χ2v) is 3.84. The van der Waals surface area contributed by atoms with E-state index in [0.29, 0.717) is 13.1 Å². The molecule has 3 N–H and O–H groups in total. The topological polar surface area (TPSA) is 113 Å². The number of aromatic nitrogens is 2. The Morgan fingerprint density at radius 2 is 2.29 bits per heavy atom. The molecule has 0 aliphatic rings. The number of nitrogens with zero attached hydrogens (tertiary/aromatic N) is 3. The molecule has 1 aromatic rings. The molecule has 0 aromatic carbocycles. The lowest BCUT2D eigenvalue weighted by Gasteiger charge is -2.12. The van der Waals surface area contributed by atoms with Crippen molar-refractivity contribution in [3.63, 3.8) is 0 Å². The quantitative estimate of drug-likeness (QED) is 0.424. The molecule has 2 atom stereocenters. The fraction of sp³-hybridized carbons (Fsp3) is 0.667. The Balaban J connectivity index is 2.34. The first-order valence-electron chi connectivity index (χ1n) is 5.22. The monoisotopic (exact) mass is 244 g/mol. The van der Waals surface area contributed by atoms with Crippen molar-refractivity contribution >= 4 is 5.69 Å². The van der Waals surface area contributed by atoms with Crippen LogP contribution in [-0.2, 0) is 6.54 Å². The molecule has 0 aliphatic heterocycles. The summed E-state index contributed by atoms with van der Waals surface area (Å²) >= 11 is 0. The van der Waals surface area contributed by atoms with Crippen molar-refractivity contribution in [1.29, 1.82) is 0 Å². The van der Waals surface area contributed by atoms with E-state index in [1.165, 1.54) is 10.9 Å². The zero-order valence-corrected chi connectivity index (χ0v) is 9.48. The lowest BCUT2D eigenvalue weighted by molar-refractivity contribution is -0.385. The smallest absolute Gasteiger partial charge is 0.306 e. The van der Waals surface area contributed by atoms with Gasteiger partial charge in [-0.15, -0.1) is 0 Å². The number of nitrogens with one attached hydrogen (secondary N) is 1. The minimum absolute atomic E-state index is 0.103. The summed E-state index contributed by atoms with van der Waals surface area (Å²) in [5.74, 6) is 0. The number of nitro groups is 1. The van der Waals surface area contributed by atoms with Gasteiger partial charge in [-0.2, -0.15) is 5.10 Å². The maximum absolute atomic E-state index is 10.4. The van der Waals surface area contributed by atoms with Crippen LogP contribution in [0.4, 0.5) is 5.69 Å². The second-order valence-electron chi connectivity index (χ2n) is 3.84. The predicted octanol–water partition coefficient (Wildman–Crippen LogP) is -0.877. The first kappa shape index (κ1) is 13.6. The van der Waals surface area contributed by atoms with E-state index >= 15 is 0 Å². The molecular formula is C9H16N4O4. The van der Waals surface area contributed by atoms with Crippen LogP contribution in [0.2, 0.25) is 0 Å². The van der Waals surface area contributed by atoms with Crippen LogP contribution in [-0.4, -0.2) is 50.2 Å². The molecule has 0 saturated carbocycles. The third kappa shape index (κ3) is 4.89. The molecule has 96 valence electrons. The van der Waals surface area contributed by atoms with E-state index in [1.54, 1.807) is 6.92 Å². The number of aliphatic hydroxyl groups is 2. The first-order chi connectivity index (χ1) is 7.99. The minimum Gasteiger partial charge on any atom is -0.392 e. The van der Waals surface area contributed by atoms with Gasteiger partial charge in [-0.1, -0.05) is 0 Å². The number of rotatable bonds is 7. The van der Waals surface area contributed by atoms with Crippen molar-refractivity contribution in [2.75, 3.05) is 13.1 Å². The summed E-state index contributed by atoms with van der Waals surface area (Å²) in [6, 6.07) is 0. The van der Waals surface area contributed by atoms with Crippen molar-refractivity contribution in [2.24, 2.45) is 0 Å². The van der Waals surface area contributed by atoms with Gasteiger partial charge in [0.1, 0.15) is 12.4 Å². The van der Waals surface area contributed by atoms with E-state index in [0.717, 1.165) is 6.20 Å². The number of hydrogen-bond donors (Lipinski definition) is 3. The average molecular weight is 244 g/mol. The molecule has 0 spiro atoms. The fourth-order valence-electron chi connectivity index (χ4n) is 1.29. The van der Waals surface area contributed by atoms with Gasteiger partial charge in [0.15, 0.2) is 0 Å². The lowest BCUT2D eigenvalue weighted by atomic mass is 10.3. The maximum atomic E-state index is 10.4. The molecule has 0 saturated heterocycles. The molecular weight excluding hydrogens is 228 g/mol. The molecule has 17 heavy (non-hydrogen) atoms. The summed E-state index contributed by atoms with van der Waals surface area (Å²) < 4.78 is 1.31. The molecule has 1 aromatic heterocycles. The van der Waals surface area contributed by atoms with E-state index in [9.17, 15) is 15.2 Å². The van der Waals surface area contributed by atoms with Crippen LogP contribution in [0.3, 0.4) is 0 Å². The highest BCUT2D eigenvalue weighted by atomic mass is 16.6. The van der Waals surface area contributed by atoms with Crippen LogP contribution in [0.1, 0.15) is 6.92 Å². The van der Waals surface area contributed by atoms with E-state index < -0.39 is 17.1 Å². The maximum Gasteiger partial charge on any atom is 0.306 e. The second kappa shape index (κ2) is 6.28. The predicted molar refractivity (Wildman–Crippen MR) is 59.4 cm³/mol. The van der Waals surface area contributed by atoms with Crippen LogP contribution in [0, 0.1) is 10.1 Å². The largest absolute Gasteiger partial charge is 0.392 e. The van der Waals surface area contributed by atoms with E-state index in [1.807, 2.05) is 0 Å². The number of hydrogen-bond acceptors (Lipinski definition) is 6. The van der Waals surface area contributed by atoms with Gasteiger partial charge in [-0.3, -0.25) is 14.8 Å². The zero-order chi connectivity index (χ0) is 12.8. The molecule has 8 nitrogen and oxygen atoms in total. The Morgan fingerprint density at radius 3 is 2.82 bits per heavy atom. The lowest BCUT2D eigenvalue weighted by Crippen LogP contribution is -2.34. The SMILES string of the molecule is CC(O)CNCC(O)Cn1cc([N+](=O)[O-])cn1. The van der Waals surface area contributed by atoms with Crippen molar-refractivity contribution in [3.8, 4) is 0 Å². The van der Waals surface area contributed by atoms with Gasteiger partial charge < -0.3 is 15.5 Å². The van der Waals surface area contributed by atoms with Gasteiger partial charge >= 0.3 is 5.69 Å². The summed E-state index contributed by atoms with van der Waals surface area (Å²) in [6.45, 7) is 2.48. The highest BCUT2D eigenvalue weighted by Gasteiger charge is 2.11. The van der Waals surface area contributed by atoms with Crippen LogP contribution in [0.5, 0.6) is 0 Å². The van der Waals surface area contributed by atoms with Crippen LogP contribution in [0.15, 0.2) is 12.4 Å². The summed E-state index contributed by atoms with van der Waals surface area (Å²) in [4.78, 5) is 9.86. The Morgan fingerprint density at radius 1 is 1.59 bits per heavy atom. The molecule has 1 rings (SSSR count). The van der Waals surface area contributed by atoms with Gasteiger partial charge in [-0.25, -0.2) is 0 Å². The Hall–Kier alpha value is -1.51. The van der Waals surface area contributed by atoms with Crippen LogP contribution < -0.4 is 5.32 Å². The summed E-state index contributed by atoms with van der Waals surface area (Å²) in [6.07, 6.45) is 1.20. The molecule has 0 amide bonds. The van der Waals surface area contributed by atoms with Crippen molar-refractivity contribution in [1.82, 2.24) is 15.1 Å². The summed E-state index contributed by atoms with van der Waals surface area (Å²) in [5, 5.41) is 35.6. The Kier molecular flexibility index (Phi) is 5.01. The third-order valence-corrected chi connectivity index (χ3v) is 2.05. The molecule has 2 unspecified atom stereocenters. The van der Waals surface area contributed by atoms with Gasteiger partial charge in [0, 0.05) is 13.1 Å². The van der Waals surface area contributed by atoms with Crippen LogP contribution >= 0.6 is 0 Å². The summed E-state index contributed by atoms with van der Waals surface area (Å²) in [5.41, 5.74) is -0.103. The molecule has 0 fully saturated rings. The number of aliphatic hydroxyl groups excluding tert-OH is 2. The molecule has 0 aliphatic carbocycles. The first-order valence-corrected chi connectivity index (χ1v) is 5.22. The van der Waals surface area contributed by atoms with E-state index in [2.05, 4.69) is 10.4 Å². The van der Waals surface area contributed by atoms with E-state index in [4.69, 9.17) is 5.11 Å². The zero-order valence-electron chi connectivity index (χ0n) is 9.48. The minimum atomic E-state index is -0.715.